The van der Waals surface area contributed by atoms with Crippen molar-refractivity contribution in [3.05, 3.63) is 69.0 Å². The number of methoxy groups -OCH3 is 1. The second-order valence-electron chi connectivity index (χ2n) is 7.47. The molecule has 0 bridgehead atoms. The second kappa shape index (κ2) is 10.8. The number of aromatic nitrogens is 2. The maximum Gasteiger partial charge on any atom is 0.329 e. The molecule has 12 heteroatoms. The number of amides is 1. The second-order valence-corrected chi connectivity index (χ2v) is 7.88. The number of nitro groups is 1. The molecule has 0 aliphatic rings. The summed E-state index contributed by atoms with van der Waals surface area (Å²) in [6.45, 7) is 3.16. The smallest absolute Gasteiger partial charge is 0.329 e. The molecular weight excluding hydrogens is 468 g/mol. The van der Waals surface area contributed by atoms with Crippen molar-refractivity contribution in [2.75, 3.05) is 7.11 Å². The zero-order valence-electron chi connectivity index (χ0n) is 18.5. The van der Waals surface area contributed by atoms with Crippen molar-refractivity contribution < 1.29 is 28.5 Å². The minimum Gasteiger partial charge on any atom is -0.497 e. The summed E-state index contributed by atoms with van der Waals surface area (Å²) in [5, 5.41) is 17.3. The topological polar surface area (TPSA) is 147 Å². The summed E-state index contributed by atoms with van der Waals surface area (Å²) < 4.78 is 15.6. The number of rotatable bonds is 9. The van der Waals surface area contributed by atoms with Gasteiger partial charge < -0.3 is 19.3 Å². The summed E-state index contributed by atoms with van der Waals surface area (Å²) >= 11 is 5.78. The van der Waals surface area contributed by atoms with Gasteiger partial charge >= 0.3 is 5.97 Å². The van der Waals surface area contributed by atoms with E-state index in [0.29, 0.717) is 11.3 Å². The Balaban J connectivity index is 1.64. The summed E-state index contributed by atoms with van der Waals surface area (Å²) in [4.78, 5) is 39.8. The van der Waals surface area contributed by atoms with Gasteiger partial charge in [0.15, 0.2) is 6.61 Å². The summed E-state index contributed by atoms with van der Waals surface area (Å²) in [7, 11) is 1.56. The van der Waals surface area contributed by atoms with E-state index >= 15 is 0 Å². The van der Waals surface area contributed by atoms with Gasteiger partial charge in [0, 0.05) is 17.2 Å². The number of hydrogen-bond donors (Lipinski definition) is 1. The first kappa shape index (κ1) is 24.6. The van der Waals surface area contributed by atoms with E-state index in [-0.39, 0.29) is 34.8 Å². The van der Waals surface area contributed by atoms with Crippen molar-refractivity contribution in [1.29, 1.82) is 0 Å². The number of carbonyl (C=O) groups excluding carboxylic acids is 2. The minimum absolute atomic E-state index is 0.0168. The third kappa shape index (κ3) is 5.87. The SMILES string of the molecule is COc1ccc(-c2nc(COC(=O)[C@@H](NC(=O)c3ccc(Cl)c([N+](=O)[O-])c3)C(C)C)no2)cc1. The van der Waals surface area contributed by atoms with Crippen LogP contribution < -0.4 is 10.1 Å². The summed E-state index contributed by atoms with van der Waals surface area (Å²) in [6.07, 6.45) is 0. The quantitative estimate of drug-likeness (QED) is 0.269. The lowest BCUT2D eigenvalue weighted by atomic mass is 10.0. The molecule has 0 fully saturated rings. The summed E-state index contributed by atoms with van der Waals surface area (Å²) in [5.41, 5.74) is 0.231. The lowest BCUT2D eigenvalue weighted by Crippen LogP contribution is -2.45. The average molecular weight is 489 g/mol. The van der Waals surface area contributed by atoms with Gasteiger partial charge in [0.25, 0.3) is 17.5 Å². The number of esters is 1. The first-order valence-corrected chi connectivity index (χ1v) is 10.5. The third-order valence-corrected chi connectivity index (χ3v) is 5.08. The Kier molecular flexibility index (Phi) is 7.79. The van der Waals surface area contributed by atoms with E-state index in [4.69, 9.17) is 25.6 Å². The van der Waals surface area contributed by atoms with Crippen LogP contribution in [0.15, 0.2) is 47.0 Å². The fourth-order valence-electron chi connectivity index (χ4n) is 2.91. The van der Waals surface area contributed by atoms with Crippen LogP contribution in [-0.4, -0.2) is 40.1 Å². The monoisotopic (exact) mass is 488 g/mol. The molecule has 3 aromatic rings. The molecule has 34 heavy (non-hydrogen) atoms. The Hall–Kier alpha value is -3.99. The largest absolute Gasteiger partial charge is 0.497 e. The number of ether oxygens (including phenoxy) is 2. The lowest BCUT2D eigenvalue weighted by Gasteiger charge is -2.20. The van der Waals surface area contributed by atoms with Crippen LogP contribution in [0.4, 0.5) is 5.69 Å². The van der Waals surface area contributed by atoms with Gasteiger partial charge in [-0.15, -0.1) is 0 Å². The van der Waals surface area contributed by atoms with E-state index in [1.54, 1.807) is 45.2 Å². The van der Waals surface area contributed by atoms with Crippen LogP contribution in [0.3, 0.4) is 0 Å². The van der Waals surface area contributed by atoms with Gasteiger partial charge in [-0.05, 0) is 42.3 Å². The Morgan fingerprint density at radius 1 is 1.21 bits per heavy atom. The number of hydrogen-bond acceptors (Lipinski definition) is 9. The van der Waals surface area contributed by atoms with E-state index in [9.17, 15) is 19.7 Å². The first-order valence-electron chi connectivity index (χ1n) is 10.1. The highest BCUT2D eigenvalue weighted by Crippen LogP contribution is 2.25. The van der Waals surface area contributed by atoms with Crippen molar-refractivity contribution in [2.45, 2.75) is 26.5 Å². The van der Waals surface area contributed by atoms with E-state index < -0.39 is 28.5 Å². The molecule has 1 aromatic heterocycles. The number of nitro benzene ring substituents is 1. The molecule has 178 valence electrons. The van der Waals surface area contributed by atoms with Crippen LogP contribution in [0, 0.1) is 16.0 Å². The van der Waals surface area contributed by atoms with Crippen molar-refractivity contribution in [1.82, 2.24) is 15.5 Å². The van der Waals surface area contributed by atoms with E-state index in [1.807, 2.05) is 0 Å². The van der Waals surface area contributed by atoms with Crippen LogP contribution in [0.2, 0.25) is 5.02 Å². The van der Waals surface area contributed by atoms with Gasteiger partial charge in [0.2, 0.25) is 5.82 Å². The van der Waals surface area contributed by atoms with Crippen molar-refractivity contribution in [2.24, 2.45) is 5.92 Å². The number of benzene rings is 2. The molecule has 1 N–H and O–H groups in total. The number of carbonyl (C=O) groups is 2. The maximum atomic E-state index is 12.6. The van der Waals surface area contributed by atoms with E-state index in [1.165, 1.54) is 12.1 Å². The molecule has 0 aliphatic carbocycles. The molecule has 0 spiro atoms. The fraction of sp³-hybridized carbons (Fsp3) is 0.273. The molecule has 3 rings (SSSR count). The molecular formula is C22H21ClN4O7. The predicted octanol–water partition coefficient (Wildman–Crippen LogP) is 3.80. The molecule has 1 heterocycles. The van der Waals surface area contributed by atoms with Crippen molar-refractivity contribution >= 4 is 29.2 Å². The van der Waals surface area contributed by atoms with Crippen LogP contribution >= 0.6 is 11.6 Å². The van der Waals surface area contributed by atoms with Crippen molar-refractivity contribution in [3.63, 3.8) is 0 Å². The zero-order valence-corrected chi connectivity index (χ0v) is 19.2. The lowest BCUT2D eigenvalue weighted by molar-refractivity contribution is -0.384. The maximum absolute atomic E-state index is 12.6. The molecule has 1 atom stereocenters. The Morgan fingerprint density at radius 2 is 1.91 bits per heavy atom. The Labute approximate surface area is 199 Å². The van der Waals surface area contributed by atoms with Crippen LogP contribution in [0.1, 0.15) is 30.0 Å². The Bertz CT molecular complexity index is 1190. The molecule has 0 saturated carbocycles. The number of halogens is 1. The van der Waals surface area contributed by atoms with Gasteiger partial charge in [-0.25, -0.2) is 4.79 Å². The van der Waals surface area contributed by atoms with E-state index in [2.05, 4.69) is 15.5 Å². The van der Waals surface area contributed by atoms with Crippen LogP contribution in [0.5, 0.6) is 5.75 Å². The fourth-order valence-corrected chi connectivity index (χ4v) is 3.09. The average Bonchev–Trinajstić information content (AvgIpc) is 3.30. The first-order chi connectivity index (χ1) is 16.2. The van der Waals surface area contributed by atoms with Gasteiger partial charge in [0.1, 0.15) is 16.8 Å². The Morgan fingerprint density at radius 3 is 2.53 bits per heavy atom. The summed E-state index contributed by atoms with van der Waals surface area (Å²) in [6, 6.07) is 9.56. The molecule has 11 nitrogen and oxygen atoms in total. The highest BCUT2D eigenvalue weighted by molar-refractivity contribution is 6.32. The van der Waals surface area contributed by atoms with Gasteiger partial charge in [-0.1, -0.05) is 30.6 Å². The highest BCUT2D eigenvalue weighted by Gasteiger charge is 2.27. The molecule has 0 saturated heterocycles. The predicted molar refractivity (Wildman–Crippen MR) is 120 cm³/mol. The minimum atomic E-state index is -1.02. The molecule has 2 aromatic carbocycles. The number of nitrogens with one attached hydrogen (secondary N) is 1. The normalized spacial score (nSPS) is 11.7. The van der Waals surface area contributed by atoms with Crippen LogP contribution in [0.25, 0.3) is 11.5 Å². The molecule has 1 amide bonds. The van der Waals surface area contributed by atoms with Crippen molar-refractivity contribution in [3.8, 4) is 17.2 Å². The van der Waals surface area contributed by atoms with Gasteiger partial charge in [-0.3, -0.25) is 14.9 Å². The zero-order chi connectivity index (χ0) is 24.8. The van der Waals surface area contributed by atoms with Gasteiger partial charge in [0.05, 0.1) is 12.0 Å². The molecule has 0 aliphatic heterocycles. The number of nitrogens with zero attached hydrogens (tertiary/aromatic N) is 3. The summed E-state index contributed by atoms with van der Waals surface area (Å²) in [5.74, 6) is -0.682. The standard InChI is InChI=1S/C22H21ClN4O7/c1-12(2)19(25-20(28)14-6-9-16(23)17(10-14)27(30)31)22(29)33-11-18-24-21(34-26-18)13-4-7-15(32-3)8-5-13/h4-10,12,19H,11H2,1-3H3,(H,25,28)/t19-/m0/s1. The van der Waals surface area contributed by atoms with Gasteiger partial charge in [-0.2, -0.15) is 4.98 Å². The van der Waals surface area contributed by atoms with Crippen LogP contribution in [-0.2, 0) is 16.1 Å². The van der Waals surface area contributed by atoms with E-state index in [0.717, 1.165) is 6.07 Å². The molecule has 0 unspecified atom stereocenters. The highest BCUT2D eigenvalue weighted by atomic mass is 35.5. The third-order valence-electron chi connectivity index (χ3n) is 4.76. The molecule has 0 radical (unpaired) electrons.